The molecule has 0 unspecified atom stereocenters. The zero-order valence-electron chi connectivity index (χ0n) is 20.6. The number of aryl methyl sites for hydroxylation is 1. The van der Waals surface area contributed by atoms with Crippen molar-refractivity contribution in [2.24, 2.45) is 18.9 Å². The molecular weight excluding hydrogens is 456 g/mol. The van der Waals surface area contributed by atoms with Crippen molar-refractivity contribution in [3.8, 4) is 11.1 Å². The molecule has 1 saturated carbocycles. The summed E-state index contributed by atoms with van der Waals surface area (Å²) in [5.74, 6) is 2.36. The Morgan fingerprint density at radius 1 is 1.20 bits per heavy atom. The summed E-state index contributed by atoms with van der Waals surface area (Å²) in [5, 5.41) is 8.61. The van der Waals surface area contributed by atoms with Gasteiger partial charge in [-0.3, -0.25) is 14.1 Å². The fraction of sp³-hybridized carbons (Fsp3) is 0.481. The van der Waals surface area contributed by atoms with Crippen LogP contribution in [0.2, 0.25) is 0 Å². The Balaban J connectivity index is 1.35. The normalized spacial score (nSPS) is 25.1. The molecule has 1 aliphatic heterocycles. The maximum Gasteiger partial charge on any atom is 0.266 e. The van der Waals surface area contributed by atoms with Crippen LogP contribution in [-0.2, 0) is 19.0 Å². The quantitative estimate of drug-likeness (QED) is 0.414. The van der Waals surface area contributed by atoms with Gasteiger partial charge in [0.1, 0.15) is 12.2 Å². The number of piperidine rings is 1. The van der Waals surface area contributed by atoms with Gasteiger partial charge in [0.25, 0.3) is 5.56 Å². The number of benzene rings is 1. The summed E-state index contributed by atoms with van der Waals surface area (Å²) in [6, 6.07) is 8.39. The first kappa shape index (κ1) is 22.6. The highest BCUT2D eigenvalue weighted by atomic mass is 32.1. The molecule has 2 aliphatic rings. The predicted molar refractivity (Wildman–Crippen MR) is 139 cm³/mol. The first-order valence-electron chi connectivity index (χ1n) is 12.6. The summed E-state index contributed by atoms with van der Waals surface area (Å²) in [6.07, 6.45) is 10.1. The Labute approximate surface area is 209 Å². The van der Waals surface area contributed by atoms with Crippen LogP contribution < -0.4 is 5.56 Å². The van der Waals surface area contributed by atoms with E-state index in [2.05, 4.69) is 52.1 Å². The third-order valence-corrected chi connectivity index (χ3v) is 8.82. The van der Waals surface area contributed by atoms with Crippen LogP contribution in [0.15, 0.2) is 47.8 Å². The zero-order valence-corrected chi connectivity index (χ0v) is 21.5. The largest absolute Gasteiger partial charge is 0.320 e. The Morgan fingerprint density at radius 2 is 2.06 bits per heavy atom. The van der Waals surface area contributed by atoms with E-state index in [-0.39, 0.29) is 11.0 Å². The van der Waals surface area contributed by atoms with Crippen molar-refractivity contribution in [2.45, 2.75) is 51.5 Å². The summed E-state index contributed by atoms with van der Waals surface area (Å²) >= 11 is 1.62. The van der Waals surface area contributed by atoms with E-state index in [0.717, 1.165) is 54.7 Å². The van der Waals surface area contributed by atoms with Gasteiger partial charge in [-0.2, -0.15) is 0 Å². The fourth-order valence-corrected chi connectivity index (χ4v) is 7.21. The molecule has 182 valence electrons. The van der Waals surface area contributed by atoms with Gasteiger partial charge in [0.15, 0.2) is 4.96 Å². The molecule has 35 heavy (non-hydrogen) atoms. The Bertz CT molecular complexity index is 1430. The van der Waals surface area contributed by atoms with Crippen LogP contribution >= 0.6 is 11.3 Å². The van der Waals surface area contributed by atoms with Crippen LogP contribution in [0, 0.1) is 11.8 Å². The number of fused-ring (bicyclic) bond motifs is 1. The average Bonchev–Trinajstić information content (AvgIpc) is 3.43. The van der Waals surface area contributed by atoms with Gasteiger partial charge < -0.3 is 4.57 Å². The molecule has 1 saturated heterocycles. The number of hydrogen-bond acceptors (Lipinski definition) is 6. The molecule has 0 N–H and O–H groups in total. The van der Waals surface area contributed by atoms with Gasteiger partial charge in [0.05, 0.1) is 11.0 Å². The van der Waals surface area contributed by atoms with E-state index in [9.17, 15) is 4.79 Å². The summed E-state index contributed by atoms with van der Waals surface area (Å²) < 4.78 is 3.76. The topological polar surface area (TPSA) is 68.3 Å². The minimum atomic E-state index is -0.157. The standard InChI is InChI=1S/C27H32N6OS/c1-18-6-5-9-32(14-18)15-22-16-33-24(34)23(13-28-26(33)35-22)20-7-4-8-21(10-20)27(11-19(2)12-27)25-30-29-17-31(25)3/h4,7-8,10,13,16-19H,5-6,9,11-12,14-15H2,1-3H3/t18-,19?,27?/m0/s1. The lowest BCUT2D eigenvalue weighted by Crippen LogP contribution is -2.43. The molecule has 8 heteroatoms. The predicted octanol–water partition coefficient (Wildman–Crippen LogP) is 4.50. The van der Waals surface area contributed by atoms with E-state index in [1.54, 1.807) is 28.3 Å². The molecule has 0 amide bonds. The first-order chi connectivity index (χ1) is 16.9. The van der Waals surface area contributed by atoms with Gasteiger partial charge in [-0.15, -0.1) is 10.2 Å². The monoisotopic (exact) mass is 488 g/mol. The van der Waals surface area contributed by atoms with Gasteiger partial charge in [0, 0.05) is 37.4 Å². The highest BCUT2D eigenvalue weighted by Gasteiger charge is 2.48. The minimum Gasteiger partial charge on any atom is -0.320 e. The zero-order chi connectivity index (χ0) is 24.2. The van der Waals surface area contributed by atoms with Gasteiger partial charge >= 0.3 is 0 Å². The summed E-state index contributed by atoms with van der Waals surface area (Å²) in [6.45, 7) is 7.75. The third kappa shape index (κ3) is 3.93. The summed E-state index contributed by atoms with van der Waals surface area (Å²) in [7, 11) is 2.01. The van der Waals surface area contributed by atoms with E-state index < -0.39 is 0 Å². The van der Waals surface area contributed by atoms with Crippen LogP contribution in [0.5, 0.6) is 0 Å². The van der Waals surface area contributed by atoms with Crippen LogP contribution in [-0.4, -0.2) is 42.1 Å². The molecule has 7 nitrogen and oxygen atoms in total. The van der Waals surface area contributed by atoms with E-state index in [4.69, 9.17) is 0 Å². The lowest BCUT2D eigenvalue weighted by atomic mass is 9.58. The maximum atomic E-state index is 13.6. The van der Waals surface area contributed by atoms with Crippen molar-refractivity contribution in [3.05, 3.63) is 69.6 Å². The molecule has 3 aromatic heterocycles. The van der Waals surface area contributed by atoms with Crippen LogP contribution in [0.3, 0.4) is 0 Å². The maximum absolute atomic E-state index is 13.6. The average molecular weight is 489 g/mol. The minimum absolute atomic E-state index is 0.00338. The highest BCUT2D eigenvalue weighted by Crippen LogP contribution is 2.51. The van der Waals surface area contributed by atoms with E-state index in [1.165, 1.54) is 23.3 Å². The summed E-state index contributed by atoms with van der Waals surface area (Å²) in [4.78, 5) is 22.7. The SMILES string of the molecule is CC1CC(c2cccc(-c3cnc4sc(CN5CCC[C@H](C)C5)cn4c3=O)c2)(c2nncn2C)C1. The van der Waals surface area contributed by atoms with E-state index in [0.29, 0.717) is 11.5 Å². The molecule has 4 heterocycles. The van der Waals surface area contributed by atoms with E-state index >= 15 is 0 Å². The number of hydrogen-bond donors (Lipinski definition) is 0. The molecule has 6 rings (SSSR count). The lowest BCUT2D eigenvalue weighted by molar-refractivity contribution is 0.178. The molecule has 2 fully saturated rings. The fourth-order valence-electron chi connectivity index (χ4n) is 6.23. The molecule has 0 spiro atoms. The smallest absolute Gasteiger partial charge is 0.266 e. The third-order valence-electron chi connectivity index (χ3n) is 7.83. The van der Waals surface area contributed by atoms with Gasteiger partial charge in [-0.05, 0) is 61.3 Å². The summed E-state index contributed by atoms with van der Waals surface area (Å²) in [5.41, 5.74) is 2.58. The van der Waals surface area contributed by atoms with Gasteiger partial charge in [0.2, 0.25) is 0 Å². The van der Waals surface area contributed by atoms with Crippen molar-refractivity contribution < 1.29 is 0 Å². The molecule has 1 aliphatic carbocycles. The first-order valence-corrected chi connectivity index (χ1v) is 13.4. The van der Waals surface area contributed by atoms with Crippen LogP contribution in [0.25, 0.3) is 16.1 Å². The molecule has 0 radical (unpaired) electrons. The second-order valence-electron chi connectivity index (χ2n) is 10.8. The molecule has 4 aromatic rings. The second kappa shape index (κ2) is 8.68. The van der Waals surface area contributed by atoms with Crippen molar-refractivity contribution in [1.82, 2.24) is 29.0 Å². The van der Waals surface area contributed by atoms with Crippen molar-refractivity contribution in [1.29, 1.82) is 0 Å². The molecule has 1 aromatic carbocycles. The highest BCUT2D eigenvalue weighted by molar-refractivity contribution is 7.17. The molecular formula is C27H32N6OS. The molecule has 1 atom stereocenters. The number of aromatic nitrogens is 5. The number of rotatable bonds is 5. The van der Waals surface area contributed by atoms with E-state index in [1.807, 2.05) is 23.9 Å². The van der Waals surface area contributed by atoms with Crippen molar-refractivity contribution in [2.75, 3.05) is 13.1 Å². The Hall–Kier alpha value is -2.84. The Morgan fingerprint density at radius 3 is 2.80 bits per heavy atom. The number of nitrogens with zero attached hydrogens (tertiary/aromatic N) is 6. The van der Waals surface area contributed by atoms with Gasteiger partial charge in [-0.25, -0.2) is 4.98 Å². The van der Waals surface area contributed by atoms with Crippen LogP contribution in [0.4, 0.5) is 0 Å². The van der Waals surface area contributed by atoms with Crippen molar-refractivity contribution in [3.63, 3.8) is 0 Å². The van der Waals surface area contributed by atoms with Gasteiger partial charge in [-0.1, -0.05) is 43.4 Å². The molecule has 0 bridgehead atoms. The van der Waals surface area contributed by atoms with Crippen molar-refractivity contribution >= 4 is 16.3 Å². The van der Waals surface area contributed by atoms with Crippen LogP contribution in [0.1, 0.15) is 55.8 Å². The number of likely N-dealkylation sites (tertiary alicyclic amines) is 1. The lowest BCUT2D eigenvalue weighted by Gasteiger charge is -2.46. The second-order valence-corrected chi connectivity index (χ2v) is 11.8. The Kier molecular flexibility index (Phi) is 5.60. The number of thiazole rings is 1.